The van der Waals surface area contributed by atoms with Crippen LogP contribution in [-0.2, 0) is 91.8 Å². The number of hydrogen-bond acceptors (Lipinski definition) is 22. The minimum Gasteiger partial charge on any atom is -0.491 e. The van der Waals surface area contributed by atoms with Gasteiger partial charge < -0.3 is 69.0 Å². The van der Waals surface area contributed by atoms with Gasteiger partial charge in [0.15, 0.2) is 17.3 Å². The van der Waals surface area contributed by atoms with E-state index in [-0.39, 0.29) is 68.6 Å². The van der Waals surface area contributed by atoms with Crippen LogP contribution in [0.3, 0.4) is 0 Å². The third kappa shape index (κ3) is 33.0. The Morgan fingerprint density at radius 2 is 0.617 bits per heavy atom. The number of aliphatic imine (C=N–C) groups is 1. The Balaban J connectivity index is 0.000000133. The fourth-order valence-corrected chi connectivity index (χ4v) is 19.1. The predicted molar refractivity (Wildman–Crippen MR) is 581 cm³/mol. The fourth-order valence-electron chi connectivity index (χ4n) is 19.1. The number of aryl methyl sites for hydroxylation is 2. The van der Waals surface area contributed by atoms with Crippen molar-refractivity contribution in [1.82, 2.24) is 38.6 Å². The molecule has 0 bridgehead atoms. The number of pyridine rings is 1. The van der Waals surface area contributed by atoms with Crippen molar-refractivity contribution in [3.8, 4) is 28.7 Å². The molecule has 149 heavy (non-hydrogen) atoms. The molecule has 14 aromatic rings. The zero-order chi connectivity index (χ0) is 103. The highest BCUT2D eigenvalue weighted by molar-refractivity contribution is 6.14. The third-order valence-corrected chi connectivity index (χ3v) is 26.9. The zero-order valence-electron chi connectivity index (χ0n) is 84.6. The van der Waals surface area contributed by atoms with E-state index in [2.05, 4.69) is 166 Å². The molecule has 7 N–H and O–H groups in total. The minimum absolute atomic E-state index is 0.00770. The molecule has 0 aliphatic carbocycles. The number of ketones is 3. The molecular formula is C123H133N11O15. The molecule has 3 unspecified atom stereocenters. The number of benzene rings is 11. The maximum atomic E-state index is 12.6. The summed E-state index contributed by atoms with van der Waals surface area (Å²) in [5, 5.41) is 58.0. The highest BCUT2D eigenvalue weighted by atomic mass is 16.5. The van der Waals surface area contributed by atoms with E-state index in [0.717, 1.165) is 115 Å². The second kappa shape index (κ2) is 54.7. The summed E-state index contributed by atoms with van der Waals surface area (Å²) < 4.78 is 32.4. The first-order valence-corrected chi connectivity index (χ1v) is 51.3. The van der Waals surface area contributed by atoms with E-state index in [0.29, 0.717) is 120 Å². The second-order valence-corrected chi connectivity index (χ2v) is 38.5. The van der Waals surface area contributed by atoms with Crippen LogP contribution in [0.4, 0.5) is 11.4 Å². The number of rotatable bonds is 38. The van der Waals surface area contributed by atoms with E-state index < -0.39 is 30.5 Å². The number of nitrogens with zero attached hydrogens (tertiary/aromatic N) is 9. The lowest BCUT2D eigenvalue weighted by Gasteiger charge is -2.30. The van der Waals surface area contributed by atoms with Crippen molar-refractivity contribution in [2.75, 3.05) is 116 Å². The van der Waals surface area contributed by atoms with Crippen LogP contribution in [0.25, 0.3) is 0 Å². The number of fused-ring (bicyclic) bond motifs is 5. The fraction of sp³-hybridized carbons (Fsp3) is 0.293. The second-order valence-electron chi connectivity index (χ2n) is 38.5. The number of ether oxygens (including phenoxy) is 5. The number of aliphatic hydroxyl groups is 5. The van der Waals surface area contributed by atoms with E-state index in [1.54, 1.807) is 88.1 Å². The number of anilines is 2. The van der Waals surface area contributed by atoms with Crippen LogP contribution in [0.5, 0.6) is 28.7 Å². The molecule has 770 valence electrons. The Labute approximate surface area is 872 Å². The molecule has 5 atom stereocenters. The first-order chi connectivity index (χ1) is 72.7. The van der Waals surface area contributed by atoms with Crippen molar-refractivity contribution in [2.45, 2.75) is 115 Å². The van der Waals surface area contributed by atoms with Crippen molar-refractivity contribution in [3.05, 3.63) is 441 Å². The number of nitrogens with one attached hydrogen (secondary N) is 2. The van der Waals surface area contributed by atoms with Gasteiger partial charge in [0.1, 0.15) is 104 Å². The minimum atomic E-state index is -0.594. The van der Waals surface area contributed by atoms with Crippen molar-refractivity contribution in [2.24, 2.45) is 19.1 Å². The van der Waals surface area contributed by atoms with Gasteiger partial charge in [-0.2, -0.15) is 0 Å². The molecule has 0 fully saturated rings. The van der Waals surface area contributed by atoms with E-state index in [4.69, 9.17) is 23.7 Å². The largest absolute Gasteiger partial charge is 0.491 e. The molecular weight excluding hydrogens is 1870 g/mol. The van der Waals surface area contributed by atoms with Gasteiger partial charge in [-0.15, -0.1) is 0 Å². The molecule has 0 saturated carbocycles. The van der Waals surface area contributed by atoms with Gasteiger partial charge in [-0.1, -0.05) is 212 Å². The summed E-state index contributed by atoms with van der Waals surface area (Å²) in [6, 6.07) is 101. The molecule has 0 radical (unpaired) electrons. The van der Waals surface area contributed by atoms with Gasteiger partial charge in [0.2, 0.25) is 0 Å². The summed E-state index contributed by atoms with van der Waals surface area (Å²) in [6.07, 6.45) is 12.2. The van der Waals surface area contributed by atoms with Crippen molar-refractivity contribution in [3.63, 3.8) is 0 Å². The number of aromatic nitrogens is 3. The van der Waals surface area contributed by atoms with Gasteiger partial charge in [-0.05, 0) is 196 Å². The highest BCUT2D eigenvalue weighted by Crippen LogP contribution is 2.30. The van der Waals surface area contributed by atoms with E-state index in [9.17, 15) is 49.5 Å². The molecule has 2 amide bonds. The quantitative estimate of drug-likeness (QED) is 0.0177. The lowest BCUT2D eigenvalue weighted by Crippen LogP contribution is -2.38. The number of aliphatic hydroxyl groups excluding tert-OH is 5. The average molecular weight is 2010 g/mol. The van der Waals surface area contributed by atoms with Crippen molar-refractivity contribution < 1.29 is 73.2 Å². The zero-order valence-corrected chi connectivity index (χ0v) is 84.6. The molecule has 0 saturated heterocycles. The summed E-state index contributed by atoms with van der Waals surface area (Å²) in [5.74, 6) is 2.74. The van der Waals surface area contributed by atoms with Gasteiger partial charge in [0, 0.05) is 189 Å². The van der Waals surface area contributed by atoms with Crippen LogP contribution in [0, 0.1) is 0 Å². The van der Waals surface area contributed by atoms with Crippen LogP contribution < -0.4 is 34.3 Å². The van der Waals surface area contributed by atoms with Crippen LogP contribution in [-0.4, -0.2) is 235 Å². The van der Waals surface area contributed by atoms with Crippen LogP contribution in [0.1, 0.15) is 125 Å². The monoisotopic (exact) mass is 2000 g/mol. The number of amides is 2. The Morgan fingerprint density at radius 1 is 0.315 bits per heavy atom. The number of Topliss-reactive ketones (excluding diaryl/α,β-unsaturated/α-hetero) is 3. The molecule has 6 aliphatic heterocycles. The van der Waals surface area contributed by atoms with Crippen LogP contribution in [0.15, 0.2) is 351 Å². The van der Waals surface area contributed by atoms with Gasteiger partial charge in [-0.25, -0.2) is 0 Å². The number of β-amino-alcohol motifs (C(OH)–C–C–N with tert-alkyl or cyclic N) is 5. The number of allylic oxidation sites excluding steroid dienone is 1. The summed E-state index contributed by atoms with van der Waals surface area (Å²) in [5.41, 5.74) is 20.5. The molecule has 11 aromatic carbocycles. The van der Waals surface area contributed by atoms with Gasteiger partial charge in [0.25, 0.3) is 11.8 Å². The maximum absolute atomic E-state index is 12.6. The summed E-state index contributed by atoms with van der Waals surface area (Å²) in [6.45, 7) is 13.5. The van der Waals surface area contributed by atoms with Gasteiger partial charge >= 0.3 is 0 Å². The van der Waals surface area contributed by atoms with E-state index in [1.807, 2.05) is 160 Å². The average Bonchev–Trinajstić information content (AvgIpc) is 1.76. The highest BCUT2D eigenvalue weighted by Gasteiger charge is 2.27. The van der Waals surface area contributed by atoms with Crippen LogP contribution >= 0.6 is 0 Å². The molecule has 26 nitrogen and oxygen atoms in total. The molecule has 9 heterocycles. The maximum Gasteiger partial charge on any atom is 0.272 e. The third-order valence-electron chi connectivity index (χ3n) is 26.9. The smallest absolute Gasteiger partial charge is 0.272 e. The number of carbonyl (C=O) groups excluding carboxylic acids is 5. The molecule has 20 rings (SSSR count). The Kier molecular flexibility index (Phi) is 39.2. The molecule has 0 spiro atoms. The number of hydrogen-bond donors (Lipinski definition) is 7. The van der Waals surface area contributed by atoms with Crippen molar-refractivity contribution in [1.29, 1.82) is 0 Å². The lowest BCUT2D eigenvalue weighted by atomic mass is 10.00. The Hall–Kier alpha value is -14.9. The normalized spacial score (nSPS) is 15.1. The Bertz CT molecular complexity index is 6480. The Morgan fingerprint density at radius 3 is 0.926 bits per heavy atom. The summed E-state index contributed by atoms with van der Waals surface area (Å²) in [4.78, 5) is 82.0. The lowest BCUT2D eigenvalue weighted by molar-refractivity contribution is 0.0636. The summed E-state index contributed by atoms with van der Waals surface area (Å²) >= 11 is 0. The predicted octanol–water partition coefficient (Wildman–Crippen LogP) is 16.4. The first kappa shape index (κ1) is 107. The van der Waals surface area contributed by atoms with Gasteiger partial charge in [-0.3, -0.25) is 58.4 Å². The summed E-state index contributed by atoms with van der Waals surface area (Å²) in [7, 11) is 3.66. The molecule has 6 aliphatic rings. The van der Waals surface area contributed by atoms with E-state index in [1.165, 1.54) is 55.6 Å². The SMILES string of the molecule is Cn1cccc1C(=O)Nc1cccc(OC[C@@H](O)CN2CCc3ccccc3C2)c1.Cn1cccc1C(=O)Nc1cccc(OC[C@H](O)CN2CCc3ccccc3C2)c1.O=C(CC1=NCC=C1)c1cccc(OCC(O)CN2CCc3ccccc3C2)c1.O=C(Cc1ccccc1)c1cccc(OCC(O)CN2CCc3ccccc3C2)c1.O=C(Cc1ccccn1)c1cccc(OCC(O)CN2CCc3ccccc3C2)c1. The van der Waals surface area contributed by atoms with E-state index >= 15 is 0 Å². The van der Waals surface area contributed by atoms with Crippen LogP contribution in [0.2, 0.25) is 0 Å². The first-order valence-electron chi connectivity index (χ1n) is 51.3. The standard InChI is InChI=1S/C26H27NO3.C25H26N2O3.2C24H27N3O3.C24H26N2O3/c28-24(18-27-14-13-21-9-4-5-10-23(21)17-27)19-30-25-12-6-11-22(16-25)26(29)15-20-7-2-1-3-8-20;28-23(17-27-13-11-19-6-1-2-7-21(19)16-27)18-30-24-10-5-8-20(14-24)25(29)15-22-9-3-4-12-26-22;2*1-26-12-5-10-23(26)24(29)25-20-8-4-9-22(14-20)30-17-21(28)16-27-13-11-18-6-2-3-7-19(18)15-27;27-22(16-26-12-10-18-5-1-2-6-20(18)15-26)17-29-23-9-3-7-19(13-23)24(28)14-21-8-4-11-25-21/h1-12,16,24,28H,13-15,17-19H2;1-10,12,14,23,28H,11,13,15-18H2;2*2-10,12,14,21,28H,11,13,15-17H2,1H3,(H,25,29);1-9,13,22,27H,10-12,14-17H2/t;;2*21-;/m..10./s1. The number of carbonyl (C=O) groups is 5. The molecule has 26 heteroatoms. The van der Waals surface area contributed by atoms with Gasteiger partial charge in [0.05, 0.1) is 19.4 Å². The van der Waals surface area contributed by atoms with Crippen molar-refractivity contribution >= 4 is 46.3 Å². The molecule has 3 aromatic heterocycles. The topological polar surface area (TPSA) is 308 Å².